The van der Waals surface area contributed by atoms with Crippen LogP contribution in [0.1, 0.15) is 52.4 Å². The third kappa shape index (κ3) is 4.32. The molecule has 1 saturated carbocycles. The summed E-state index contributed by atoms with van der Waals surface area (Å²) in [6.07, 6.45) is 10.2. The molecular weight excluding hydrogens is 272 g/mol. The van der Waals surface area contributed by atoms with E-state index in [4.69, 9.17) is 4.99 Å². The molecule has 0 amide bonds. The minimum atomic E-state index is 0.665. The molecule has 1 N–H and O–H groups in total. The Labute approximate surface area is 127 Å². The van der Waals surface area contributed by atoms with Crippen LogP contribution >= 0.6 is 23.5 Å². The van der Waals surface area contributed by atoms with Gasteiger partial charge in [-0.1, -0.05) is 44.9 Å². The molecule has 110 valence electrons. The highest BCUT2D eigenvalue weighted by molar-refractivity contribution is 8.14. The molecule has 0 spiro atoms. The fraction of sp³-hybridized carbons (Fsp3) is 0.933. The molecule has 4 heteroatoms. The van der Waals surface area contributed by atoms with Gasteiger partial charge in [0.2, 0.25) is 0 Å². The second-order valence-electron chi connectivity index (χ2n) is 5.74. The summed E-state index contributed by atoms with van der Waals surface area (Å²) in [4.78, 5) is 4.74. The van der Waals surface area contributed by atoms with E-state index in [0.29, 0.717) is 6.04 Å². The predicted octanol–water partition coefficient (Wildman–Crippen LogP) is 4.16. The monoisotopic (exact) mass is 300 g/mol. The first-order valence-electron chi connectivity index (χ1n) is 7.77. The van der Waals surface area contributed by atoms with Crippen molar-refractivity contribution in [2.75, 3.05) is 12.8 Å². The maximum absolute atomic E-state index is 4.74. The third-order valence-electron chi connectivity index (χ3n) is 4.54. The van der Waals surface area contributed by atoms with Crippen molar-refractivity contribution in [2.24, 2.45) is 10.9 Å². The lowest BCUT2D eigenvalue weighted by Gasteiger charge is -2.29. The highest BCUT2D eigenvalue weighted by atomic mass is 32.2. The topological polar surface area (TPSA) is 24.4 Å². The molecule has 0 aromatic carbocycles. The van der Waals surface area contributed by atoms with Crippen LogP contribution in [0.4, 0.5) is 0 Å². The van der Waals surface area contributed by atoms with E-state index in [-0.39, 0.29) is 0 Å². The van der Waals surface area contributed by atoms with Crippen molar-refractivity contribution in [3.8, 4) is 0 Å². The standard InChI is InChI=1S/C15H28N2S2/c1-4-11(5-2)14-10-16-15(19-14)17-12-7-6-8-13(9-12)18-3/h11-14H,4-10H2,1-3H3,(H,16,17). The van der Waals surface area contributed by atoms with Gasteiger partial charge in [0.05, 0.1) is 6.54 Å². The lowest BCUT2D eigenvalue weighted by Crippen LogP contribution is -2.37. The number of amidine groups is 1. The predicted molar refractivity (Wildman–Crippen MR) is 90.4 cm³/mol. The molecule has 0 bridgehead atoms. The number of thioether (sulfide) groups is 2. The van der Waals surface area contributed by atoms with Crippen molar-refractivity contribution in [1.29, 1.82) is 0 Å². The van der Waals surface area contributed by atoms with Crippen molar-refractivity contribution in [3.05, 3.63) is 0 Å². The smallest absolute Gasteiger partial charge is 0.157 e. The van der Waals surface area contributed by atoms with Crippen LogP contribution in [0, 0.1) is 5.92 Å². The van der Waals surface area contributed by atoms with E-state index in [0.717, 1.165) is 23.0 Å². The van der Waals surface area contributed by atoms with E-state index in [1.807, 2.05) is 23.5 Å². The fourth-order valence-corrected chi connectivity index (χ4v) is 5.42. The van der Waals surface area contributed by atoms with Crippen LogP contribution in [0.3, 0.4) is 0 Å². The molecule has 3 unspecified atom stereocenters. The first-order chi connectivity index (χ1) is 9.26. The summed E-state index contributed by atoms with van der Waals surface area (Å²) < 4.78 is 0. The lowest BCUT2D eigenvalue weighted by molar-refractivity contribution is 0.424. The Morgan fingerprint density at radius 1 is 1.37 bits per heavy atom. The summed E-state index contributed by atoms with van der Waals surface area (Å²) >= 11 is 4.04. The fourth-order valence-electron chi connectivity index (χ4n) is 3.19. The van der Waals surface area contributed by atoms with Crippen molar-refractivity contribution >= 4 is 28.7 Å². The van der Waals surface area contributed by atoms with Gasteiger partial charge in [-0.2, -0.15) is 11.8 Å². The second kappa shape index (κ2) is 7.82. The molecule has 1 aliphatic carbocycles. The molecule has 3 atom stereocenters. The Morgan fingerprint density at radius 2 is 2.16 bits per heavy atom. The number of nitrogens with one attached hydrogen (secondary N) is 1. The van der Waals surface area contributed by atoms with Crippen LogP contribution in [-0.4, -0.2) is 34.5 Å². The van der Waals surface area contributed by atoms with Crippen molar-refractivity contribution in [1.82, 2.24) is 5.32 Å². The van der Waals surface area contributed by atoms with Crippen molar-refractivity contribution in [3.63, 3.8) is 0 Å². The SMILES string of the molecule is CCC(CC)C1CN=C(NC2CCCC(SC)C2)S1. The average molecular weight is 301 g/mol. The first-order valence-corrected chi connectivity index (χ1v) is 9.94. The zero-order valence-corrected chi connectivity index (χ0v) is 14.2. The maximum Gasteiger partial charge on any atom is 0.157 e. The summed E-state index contributed by atoms with van der Waals surface area (Å²) in [5.74, 6) is 0.832. The molecule has 0 aromatic rings. The molecule has 2 aliphatic rings. The summed E-state index contributed by atoms with van der Waals surface area (Å²) in [6, 6.07) is 0.665. The Kier molecular flexibility index (Phi) is 6.40. The second-order valence-corrected chi connectivity index (χ2v) is 8.11. The molecular formula is C15H28N2S2. The van der Waals surface area contributed by atoms with E-state index < -0.39 is 0 Å². The van der Waals surface area contributed by atoms with E-state index in [2.05, 4.69) is 25.4 Å². The van der Waals surface area contributed by atoms with Crippen molar-refractivity contribution < 1.29 is 0 Å². The summed E-state index contributed by atoms with van der Waals surface area (Å²) in [5.41, 5.74) is 0. The summed E-state index contributed by atoms with van der Waals surface area (Å²) in [6.45, 7) is 5.65. The van der Waals surface area contributed by atoms with Gasteiger partial charge in [-0.25, -0.2) is 0 Å². The summed E-state index contributed by atoms with van der Waals surface area (Å²) in [5, 5.41) is 6.51. The Balaban J connectivity index is 1.78. The highest BCUT2D eigenvalue weighted by Crippen LogP contribution is 2.32. The van der Waals surface area contributed by atoms with Crippen LogP contribution in [-0.2, 0) is 0 Å². The number of hydrogen-bond acceptors (Lipinski definition) is 4. The van der Waals surface area contributed by atoms with Crippen molar-refractivity contribution in [2.45, 2.75) is 68.9 Å². The van der Waals surface area contributed by atoms with Crippen LogP contribution in [0.5, 0.6) is 0 Å². The van der Waals surface area contributed by atoms with Gasteiger partial charge in [-0.15, -0.1) is 0 Å². The number of rotatable bonds is 5. The molecule has 0 saturated heterocycles. The number of hydrogen-bond donors (Lipinski definition) is 1. The molecule has 19 heavy (non-hydrogen) atoms. The third-order valence-corrected chi connectivity index (χ3v) is 6.94. The van der Waals surface area contributed by atoms with E-state index in [1.165, 1.54) is 43.7 Å². The quantitative estimate of drug-likeness (QED) is 0.825. The van der Waals surface area contributed by atoms with Gasteiger partial charge >= 0.3 is 0 Å². The zero-order chi connectivity index (χ0) is 13.7. The minimum absolute atomic E-state index is 0.665. The molecule has 1 aliphatic heterocycles. The van der Waals surface area contributed by atoms with Gasteiger partial charge in [0.1, 0.15) is 0 Å². The maximum atomic E-state index is 4.74. The number of nitrogens with zero attached hydrogens (tertiary/aromatic N) is 1. The molecule has 2 rings (SSSR count). The average Bonchev–Trinajstić information content (AvgIpc) is 2.89. The summed E-state index contributed by atoms with van der Waals surface area (Å²) in [7, 11) is 0. The van der Waals surface area contributed by atoms with Crippen LogP contribution in [0.15, 0.2) is 4.99 Å². The molecule has 1 heterocycles. The molecule has 1 fully saturated rings. The largest absolute Gasteiger partial charge is 0.362 e. The van der Waals surface area contributed by atoms with Gasteiger partial charge in [0.15, 0.2) is 5.17 Å². The minimum Gasteiger partial charge on any atom is -0.362 e. The Morgan fingerprint density at radius 3 is 2.84 bits per heavy atom. The van der Waals surface area contributed by atoms with E-state index >= 15 is 0 Å². The first kappa shape index (κ1) is 15.6. The lowest BCUT2D eigenvalue weighted by atomic mass is 9.95. The van der Waals surface area contributed by atoms with Gasteiger partial charge < -0.3 is 5.32 Å². The van der Waals surface area contributed by atoms with Gasteiger partial charge in [0, 0.05) is 16.5 Å². The van der Waals surface area contributed by atoms with E-state index in [1.54, 1.807) is 0 Å². The zero-order valence-electron chi connectivity index (χ0n) is 12.5. The van der Waals surface area contributed by atoms with Crippen LogP contribution in [0.25, 0.3) is 0 Å². The van der Waals surface area contributed by atoms with Gasteiger partial charge in [0.25, 0.3) is 0 Å². The molecule has 0 aromatic heterocycles. The van der Waals surface area contributed by atoms with Gasteiger partial charge in [-0.3, -0.25) is 4.99 Å². The van der Waals surface area contributed by atoms with Gasteiger partial charge in [-0.05, 0) is 31.4 Å². The van der Waals surface area contributed by atoms with Crippen LogP contribution < -0.4 is 5.32 Å². The normalized spacial score (nSPS) is 31.6. The van der Waals surface area contributed by atoms with E-state index in [9.17, 15) is 0 Å². The Bertz CT molecular complexity index is 303. The number of aliphatic imine (C=N–C) groups is 1. The Hall–Kier alpha value is 0.170. The molecule has 2 nitrogen and oxygen atoms in total. The highest BCUT2D eigenvalue weighted by Gasteiger charge is 2.28. The molecule has 0 radical (unpaired) electrons. The van der Waals surface area contributed by atoms with Crippen LogP contribution in [0.2, 0.25) is 0 Å².